The van der Waals surface area contributed by atoms with Gasteiger partial charge in [-0.1, -0.05) is 60.7 Å². The van der Waals surface area contributed by atoms with E-state index in [-0.39, 0.29) is 11.9 Å². The maximum absolute atomic E-state index is 12.0. The van der Waals surface area contributed by atoms with Crippen molar-refractivity contribution in [3.05, 3.63) is 71.8 Å². The van der Waals surface area contributed by atoms with E-state index in [0.717, 1.165) is 17.5 Å². The maximum Gasteiger partial charge on any atom is 0.237 e. The Bertz CT molecular complexity index is 571. The molecule has 2 rings (SSSR count). The Kier molecular flexibility index (Phi) is 6.13. The molecule has 2 atom stereocenters. The van der Waals surface area contributed by atoms with Gasteiger partial charge in [0.1, 0.15) is 0 Å². The fourth-order valence-corrected chi connectivity index (χ4v) is 2.31. The van der Waals surface area contributed by atoms with Crippen LogP contribution in [0.3, 0.4) is 0 Å². The largest absolute Gasteiger partial charge is 0.353 e. The van der Waals surface area contributed by atoms with Crippen molar-refractivity contribution in [3.8, 4) is 0 Å². The van der Waals surface area contributed by atoms with Crippen LogP contribution in [0.15, 0.2) is 60.7 Å². The van der Waals surface area contributed by atoms with Gasteiger partial charge in [0, 0.05) is 12.6 Å². The third-order valence-electron chi connectivity index (χ3n) is 3.51. The van der Waals surface area contributed by atoms with Gasteiger partial charge < -0.3 is 16.8 Å². The number of carbonyl (C=O) groups excluding carboxylic acids is 1. The molecule has 22 heavy (non-hydrogen) atoms. The molecule has 0 heterocycles. The lowest BCUT2D eigenvalue weighted by Gasteiger charge is -2.16. The van der Waals surface area contributed by atoms with Gasteiger partial charge in [-0.2, -0.15) is 0 Å². The highest BCUT2D eigenvalue weighted by Crippen LogP contribution is 2.03. The fraction of sp³-hybridized carbons (Fsp3) is 0.278. The van der Waals surface area contributed by atoms with Gasteiger partial charge >= 0.3 is 0 Å². The molecule has 0 aliphatic carbocycles. The van der Waals surface area contributed by atoms with E-state index in [1.54, 1.807) is 0 Å². The minimum Gasteiger partial charge on any atom is -0.353 e. The summed E-state index contributed by atoms with van der Waals surface area (Å²) < 4.78 is 0. The number of benzene rings is 2. The summed E-state index contributed by atoms with van der Waals surface area (Å²) in [7, 11) is 0. The zero-order valence-corrected chi connectivity index (χ0v) is 12.6. The lowest BCUT2D eigenvalue weighted by molar-refractivity contribution is -0.122. The molecule has 4 nitrogen and oxygen atoms in total. The summed E-state index contributed by atoms with van der Waals surface area (Å²) in [6, 6.07) is 19.1. The van der Waals surface area contributed by atoms with Gasteiger partial charge in [0.2, 0.25) is 5.91 Å². The molecule has 0 bridgehead atoms. The molecule has 2 aromatic rings. The van der Waals surface area contributed by atoms with Crippen LogP contribution in [-0.2, 0) is 17.6 Å². The number of hydrogen-bond donors (Lipinski definition) is 3. The second-order valence-electron chi connectivity index (χ2n) is 5.49. The molecule has 0 aromatic heterocycles. The van der Waals surface area contributed by atoms with Crippen LogP contribution in [0.5, 0.6) is 0 Å². The number of amides is 1. The number of nitrogens with two attached hydrogens (primary N) is 2. The number of nitrogens with one attached hydrogen (secondary N) is 1. The SMILES string of the molecule is N[C@@H](CNC(=O)[C@@H](N)Cc1ccccc1)Cc1ccccc1. The van der Waals surface area contributed by atoms with Crippen LogP contribution in [0.4, 0.5) is 0 Å². The van der Waals surface area contributed by atoms with Crippen LogP contribution in [0.25, 0.3) is 0 Å². The highest BCUT2D eigenvalue weighted by Gasteiger charge is 2.14. The van der Waals surface area contributed by atoms with Crippen LogP contribution in [-0.4, -0.2) is 24.5 Å². The van der Waals surface area contributed by atoms with Gasteiger partial charge in [-0.3, -0.25) is 4.79 Å². The Morgan fingerprint density at radius 2 is 1.36 bits per heavy atom. The quantitative estimate of drug-likeness (QED) is 0.719. The normalized spacial score (nSPS) is 13.4. The summed E-state index contributed by atoms with van der Waals surface area (Å²) in [4.78, 5) is 12.0. The summed E-state index contributed by atoms with van der Waals surface area (Å²) in [6.07, 6.45) is 1.26. The summed E-state index contributed by atoms with van der Waals surface area (Å²) in [5.74, 6) is -0.160. The summed E-state index contributed by atoms with van der Waals surface area (Å²) >= 11 is 0. The zero-order chi connectivity index (χ0) is 15.8. The molecular weight excluding hydrogens is 274 g/mol. The van der Waals surface area contributed by atoms with Crippen molar-refractivity contribution in [2.75, 3.05) is 6.54 Å². The zero-order valence-electron chi connectivity index (χ0n) is 12.6. The summed E-state index contributed by atoms with van der Waals surface area (Å²) in [6.45, 7) is 0.427. The molecular formula is C18H23N3O. The molecule has 0 spiro atoms. The van der Waals surface area contributed by atoms with Crippen molar-refractivity contribution < 1.29 is 4.79 Å². The van der Waals surface area contributed by atoms with E-state index in [1.807, 2.05) is 60.7 Å². The maximum atomic E-state index is 12.0. The molecule has 116 valence electrons. The average Bonchev–Trinajstić information content (AvgIpc) is 2.54. The van der Waals surface area contributed by atoms with Gasteiger partial charge in [0.25, 0.3) is 0 Å². The first-order valence-electron chi connectivity index (χ1n) is 7.52. The molecule has 0 aliphatic rings. The van der Waals surface area contributed by atoms with Crippen LogP contribution in [0.1, 0.15) is 11.1 Å². The first-order valence-corrected chi connectivity index (χ1v) is 7.52. The van der Waals surface area contributed by atoms with Crippen molar-refractivity contribution in [3.63, 3.8) is 0 Å². The Morgan fingerprint density at radius 3 is 1.91 bits per heavy atom. The van der Waals surface area contributed by atoms with Crippen molar-refractivity contribution >= 4 is 5.91 Å². The van der Waals surface area contributed by atoms with Gasteiger partial charge in [0.05, 0.1) is 6.04 Å². The number of hydrogen-bond acceptors (Lipinski definition) is 3. The van der Waals surface area contributed by atoms with E-state index in [9.17, 15) is 4.79 Å². The minimum atomic E-state index is -0.550. The number of rotatable bonds is 7. The topological polar surface area (TPSA) is 81.1 Å². The smallest absolute Gasteiger partial charge is 0.237 e. The Labute approximate surface area is 131 Å². The molecule has 2 aromatic carbocycles. The lowest BCUT2D eigenvalue weighted by atomic mass is 10.0. The third kappa shape index (κ3) is 5.31. The van der Waals surface area contributed by atoms with Crippen LogP contribution in [0.2, 0.25) is 0 Å². The highest BCUT2D eigenvalue weighted by molar-refractivity contribution is 5.81. The van der Waals surface area contributed by atoms with E-state index in [4.69, 9.17) is 11.5 Å². The third-order valence-corrected chi connectivity index (χ3v) is 3.51. The van der Waals surface area contributed by atoms with Crippen molar-refractivity contribution in [1.29, 1.82) is 0 Å². The number of carbonyl (C=O) groups is 1. The van der Waals surface area contributed by atoms with Crippen molar-refractivity contribution in [1.82, 2.24) is 5.32 Å². The standard InChI is InChI=1S/C18H23N3O/c19-16(11-14-7-3-1-4-8-14)13-21-18(22)17(20)12-15-9-5-2-6-10-15/h1-10,16-17H,11-13,19-20H2,(H,21,22)/t16-,17+/m1/s1. The van der Waals surface area contributed by atoms with Crippen LogP contribution < -0.4 is 16.8 Å². The highest BCUT2D eigenvalue weighted by atomic mass is 16.2. The molecule has 5 N–H and O–H groups in total. The van der Waals surface area contributed by atoms with E-state index in [1.165, 1.54) is 0 Å². The first-order chi connectivity index (χ1) is 10.6. The predicted molar refractivity (Wildman–Crippen MR) is 89.3 cm³/mol. The monoisotopic (exact) mass is 297 g/mol. The lowest BCUT2D eigenvalue weighted by Crippen LogP contribution is -2.46. The molecule has 0 fully saturated rings. The summed E-state index contributed by atoms with van der Waals surface area (Å²) in [5, 5.41) is 2.83. The summed E-state index contributed by atoms with van der Waals surface area (Å²) in [5.41, 5.74) is 14.2. The molecule has 0 saturated heterocycles. The minimum absolute atomic E-state index is 0.115. The van der Waals surface area contributed by atoms with Crippen LogP contribution in [0, 0.1) is 0 Å². The Morgan fingerprint density at radius 1 is 0.864 bits per heavy atom. The molecule has 0 radical (unpaired) electrons. The predicted octanol–water partition coefficient (Wildman–Crippen LogP) is 1.24. The van der Waals surface area contributed by atoms with E-state index < -0.39 is 6.04 Å². The van der Waals surface area contributed by atoms with E-state index in [0.29, 0.717) is 13.0 Å². The average molecular weight is 297 g/mol. The van der Waals surface area contributed by atoms with Crippen molar-refractivity contribution in [2.24, 2.45) is 11.5 Å². The Balaban J connectivity index is 1.74. The molecule has 0 unspecified atom stereocenters. The van der Waals surface area contributed by atoms with Gasteiger partial charge in [-0.05, 0) is 24.0 Å². The van der Waals surface area contributed by atoms with Crippen LogP contribution >= 0.6 is 0 Å². The van der Waals surface area contributed by atoms with Crippen molar-refractivity contribution in [2.45, 2.75) is 24.9 Å². The fourth-order valence-electron chi connectivity index (χ4n) is 2.31. The molecule has 0 aliphatic heterocycles. The second-order valence-corrected chi connectivity index (χ2v) is 5.49. The van der Waals surface area contributed by atoms with Gasteiger partial charge in [-0.25, -0.2) is 0 Å². The molecule has 1 amide bonds. The molecule has 4 heteroatoms. The van der Waals surface area contributed by atoms with E-state index in [2.05, 4.69) is 5.32 Å². The first kappa shape index (κ1) is 16.2. The second kappa shape index (κ2) is 8.32. The van der Waals surface area contributed by atoms with E-state index >= 15 is 0 Å². The Hall–Kier alpha value is -2.17. The van der Waals surface area contributed by atoms with Gasteiger partial charge in [0.15, 0.2) is 0 Å². The molecule has 0 saturated carbocycles. The van der Waals surface area contributed by atoms with Gasteiger partial charge in [-0.15, -0.1) is 0 Å².